The zero-order valence-corrected chi connectivity index (χ0v) is 19.8. The molecule has 3 aromatic rings. The summed E-state index contributed by atoms with van der Waals surface area (Å²) in [6.45, 7) is 7.12. The number of rotatable bonds is 7. The molecule has 7 heteroatoms. The minimum Gasteiger partial charge on any atom is -0.337 e. The number of thiazole rings is 1. The fourth-order valence-electron chi connectivity index (χ4n) is 3.81. The highest BCUT2D eigenvalue weighted by Crippen LogP contribution is 2.34. The summed E-state index contributed by atoms with van der Waals surface area (Å²) < 4.78 is 38.5. The molecule has 0 unspecified atom stereocenters. The first-order valence-corrected chi connectivity index (χ1v) is 11.9. The van der Waals surface area contributed by atoms with Crippen molar-refractivity contribution in [2.75, 3.05) is 13.1 Å². The van der Waals surface area contributed by atoms with E-state index in [9.17, 15) is 18.0 Å². The third kappa shape index (κ3) is 5.64. The number of carbonyl (C=O) groups is 1. The molecule has 0 radical (unpaired) electrons. The summed E-state index contributed by atoms with van der Waals surface area (Å²) >= 11 is 1.52. The van der Waals surface area contributed by atoms with E-state index < -0.39 is 11.7 Å². The van der Waals surface area contributed by atoms with Gasteiger partial charge >= 0.3 is 6.18 Å². The average Bonchev–Trinajstić information content (AvgIpc) is 3.51. The molecule has 0 saturated heterocycles. The van der Waals surface area contributed by atoms with Crippen LogP contribution in [0.3, 0.4) is 0 Å². The maximum Gasteiger partial charge on any atom is 0.416 e. The number of hydrogen-bond acceptors (Lipinski definition) is 3. The molecule has 3 nitrogen and oxygen atoms in total. The molecule has 1 aromatic heterocycles. The molecule has 0 atom stereocenters. The lowest BCUT2D eigenvalue weighted by Gasteiger charge is -2.22. The molecular formula is C26H27F3N2OS. The Labute approximate surface area is 196 Å². The minimum atomic E-state index is -4.35. The Morgan fingerprint density at radius 1 is 1.06 bits per heavy atom. The first-order chi connectivity index (χ1) is 15.6. The molecule has 0 bridgehead atoms. The monoisotopic (exact) mass is 472 g/mol. The second-order valence-electron chi connectivity index (χ2n) is 8.85. The molecule has 1 amide bonds. The minimum absolute atomic E-state index is 0.105. The number of halogens is 3. The van der Waals surface area contributed by atoms with Crippen molar-refractivity contribution < 1.29 is 18.0 Å². The van der Waals surface area contributed by atoms with Crippen LogP contribution < -0.4 is 0 Å². The van der Waals surface area contributed by atoms with Gasteiger partial charge in [0.05, 0.1) is 15.4 Å². The quantitative estimate of drug-likeness (QED) is 0.377. The van der Waals surface area contributed by atoms with Gasteiger partial charge in [-0.25, -0.2) is 4.98 Å². The first-order valence-electron chi connectivity index (χ1n) is 11.1. The van der Waals surface area contributed by atoms with Crippen molar-refractivity contribution >= 4 is 17.2 Å². The summed E-state index contributed by atoms with van der Waals surface area (Å²) in [5, 5.41) is 0.834. The van der Waals surface area contributed by atoms with Crippen molar-refractivity contribution in [3.05, 3.63) is 75.4 Å². The Balaban J connectivity index is 1.55. The zero-order chi connectivity index (χ0) is 23.8. The second-order valence-corrected chi connectivity index (χ2v) is 10.1. The van der Waals surface area contributed by atoms with E-state index in [1.54, 1.807) is 0 Å². The van der Waals surface area contributed by atoms with E-state index in [2.05, 4.69) is 31.0 Å². The van der Waals surface area contributed by atoms with E-state index in [1.807, 2.05) is 17.9 Å². The van der Waals surface area contributed by atoms with Gasteiger partial charge in [0.1, 0.15) is 5.69 Å². The lowest BCUT2D eigenvalue weighted by Crippen LogP contribution is -2.35. The second kappa shape index (κ2) is 9.29. The van der Waals surface area contributed by atoms with Crippen LogP contribution >= 0.6 is 11.3 Å². The first kappa shape index (κ1) is 23.5. The van der Waals surface area contributed by atoms with E-state index in [0.717, 1.165) is 51.5 Å². The number of aryl methyl sites for hydroxylation is 3. The number of carbonyl (C=O) groups excluding carboxylic acids is 1. The highest BCUT2D eigenvalue weighted by atomic mass is 32.1. The van der Waals surface area contributed by atoms with Gasteiger partial charge < -0.3 is 4.90 Å². The van der Waals surface area contributed by atoms with E-state index in [-0.39, 0.29) is 5.91 Å². The Kier molecular flexibility index (Phi) is 6.61. The summed E-state index contributed by atoms with van der Waals surface area (Å²) in [5.74, 6) is 0.387. The molecule has 1 aliphatic carbocycles. The van der Waals surface area contributed by atoms with Gasteiger partial charge in [-0.3, -0.25) is 4.79 Å². The lowest BCUT2D eigenvalue weighted by molar-refractivity contribution is -0.137. The average molecular weight is 473 g/mol. The maximum atomic E-state index is 13.6. The molecule has 1 aliphatic rings. The summed E-state index contributed by atoms with van der Waals surface area (Å²) in [7, 11) is 0. The van der Waals surface area contributed by atoms with E-state index >= 15 is 0 Å². The van der Waals surface area contributed by atoms with Crippen LogP contribution in [0.25, 0.3) is 10.4 Å². The summed E-state index contributed by atoms with van der Waals surface area (Å²) in [6, 6.07) is 11.4. The molecule has 2 aromatic carbocycles. The smallest absolute Gasteiger partial charge is 0.337 e. The van der Waals surface area contributed by atoms with Crippen LogP contribution in [0, 0.1) is 26.7 Å². The molecule has 0 N–H and O–H groups in total. The summed E-state index contributed by atoms with van der Waals surface area (Å²) in [5.41, 5.74) is 3.93. The Morgan fingerprint density at radius 3 is 2.36 bits per heavy atom. The van der Waals surface area contributed by atoms with E-state index in [1.165, 1.54) is 29.0 Å². The van der Waals surface area contributed by atoms with Gasteiger partial charge in [-0.15, -0.1) is 11.3 Å². The van der Waals surface area contributed by atoms with E-state index in [4.69, 9.17) is 0 Å². The summed E-state index contributed by atoms with van der Waals surface area (Å²) in [6.07, 6.45) is -1.65. The van der Waals surface area contributed by atoms with Gasteiger partial charge in [0.25, 0.3) is 5.91 Å². The van der Waals surface area contributed by atoms with Crippen molar-refractivity contribution in [3.8, 4) is 10.4 Å². The van der Waals surface area contributed by atoms with Crippen LogP contribution in [-0.2, 0) is 12.6 Å². The topological polar surface area (TPSA) is 33.2 Å². The third-order valence-electron chi connectivity index (χ3n) is 6.12. The van der Waals surface area contributed by atoms with Crippen LogP contribution in [0.2, 0.25) is 0 Å². The van der Waals surface area contributed by atoms with Crippen LogP contribution in [0.4, 0.5) is 13.2 Å². The lowest BCUT2D eigenvalue weighted by atomic mass is 10.0. The van der Waals surface area contributed by atoms with Gasteiger partial charge in [0.15, 0.2) is 0 Å². The van der Waals surface area contributed by atoms with Gasteiger partial charge in [0, 0.05) is 13.1 Å². The molecular weight excluding hydrogens is 445 g/mol. The fourth-order valence-corrected chi connectivity index (χ4v) is 4.72. The van der Waals surface area contributed by atoms with Crippen molar-refractivity contribution in [2.24, 2.45) is 5.92 Å². The standard InChI is InChI=1S/C26H27F3N2OS/c1-16-4-9-21(14-17(16)2)24-23(30-18(3)33-24)25(32)31(15-20-5-6-20)13-12-19-7-10-22(11-8-19)26(27,28)29/h4,7-11,14,20H,5-6,12-13,15H2,1-3H3. The van der Waals surface area contributed by atoms with Crippen LogP contribution in [0.1, 0.15) is 50.6 Å². The van der Waals surface area contributed by atoms with Gasteiger partial charge in [-0.2, -0.15) is 13.2 Å². The van der Waals surface area contributed by atoms with Gasteiger partial charge in [-0.05, 0) is 80.3 Å². The van der Waals surface area contributed by atoms with Gasteiger partial charge in [-0.1, -0.05) is 30.3 Å². The molecule has 1 saturated carbocycles. The number of benzene rings is 2. The number of hydrogen-bond donors (Lipinski definition) is 0. The van der Waals surface area contributed by atoms with Crippen LogP contribution in [0.15, 0.2) is 42.5 Å². The Hall–Kier alpha value is -2.67. The molecule has 33 heavy (non-hydrogen) atoms. The normalized spacial score (nSPS) is 13.9. The van der Waals surface area contributed by atoms with Crippen molar-refractivity contribution in [1.82, 2.24) is 9.88 Å². The number of amides is 1. The predicted molar refractivity (Wildman–Crippen MR) is 126 cm³/mol. The number of aromatic nitrogens is 1. The third-order valence-corrected chi connectivity index (χ3v) is 7.14. The van der Waals surface area contributed by atoms with Crippen molar-refractivity contribution in [3.63, 3.8) is 0 Å². The van der Waals surface area contributed by atoms with Crippen molar-refractivity contribution in [1.29, 1.82) is 0 Å². The molecule has 1 heterocycles. The molecule has 4 rings (SSSR count). The fraction of sp³-hybridized carbons (Fsp3) is 0.385. The van der Waals surface area contributed by atoms with Gasteiger partial charge in [0.2, 0.25) is 0 Å². The maximum absolute atomic E-state index is 13.6. The largest absolute Gasteiger partial charge is 0.416 e. The summed E-state index contributed by atoms with van der Waals surface area (Å²) in [4.78, 5) is 20.9. The molecule has 0 aliphatic heterocycles. The van der Waals surface area contributed by atoms with E-state index in [0.29, 0.717) is 31.1 Å². The van der Waals surface area contributed by atoms with Crippen molar-refractivity contribution in [2.45, 2.75) is 46.2 Å². The number of nitrogens with zero attached hydrogens (tertiary/aromatic N) is 2. The molecule has 0 spiro atoms. The molecule has 1 fully saturated rings. The Bertz CT molecular complexity index is 1150. The van der Waals surface area contributed by atoms with Crippen LogP contribution in [-0.4, -0.2) is 28.9 Å². The highest BCUT2D eigenvalue weighted by molar-refractivity contribution is 7.15. The Morgan fingerprint density at radius 2 is 1.76 bits per heavy atom. The zero-order valence-electron chi connectivity index (χ0n) is 19.0. The number of alkyl halides is 3. The predicted octanol–water partition coefficient (Wildman–Crippen LogP) is 6.85. The SMILES string of the molecule is Cc1nc(C(=O)N(CCc2ccc(C(F)(F)F)cc2)CC2CC2)c(-c2ccc(C)c(C)c2)s1. The van der Waals surface area contributed by atoms with Crippen LogP contribution in [0.5, 0.6) is 0 Å². The molecule has 174 valence electrons. The highest BCUT2D eigenvalue weighted by Gasteiger charge is 2.31.